The monoisotopic (exact) mass is 269 g/mol. The molecule has 0 radical (unpaired) electrons. The lowest BCUT2D eigenvalue weighted by Crippen LogP contribution is -2.50. The van der Waals surface area contributed by atoms with Crippen molar-refractivity contribution in [3.8, 4) is 0 Å². The second-order valence-corrected chi connectivity index (χ2v) is 6.64. The van der Waals surface area contributed by atoms with E-state index in [-0.39, 0.29) is 0 Å². The lowest BCUT2D eigenvalue weighted by molar-refractivity contribution is 0.104. The Morgan fingerprint density at radius 2 is 1.84 bits per heavy atom. The van der Waals surface area contributed by atoms with E-state index >= 15 is 0 Å². The third-order valence-corrected chi connectivity index (χ3v) is 4.17. The van der Waals surface area contributed by atoms with Crippen LogP contribution in [0.2, 0.25) is 0 Å². The summed E-state index contributed by atoms with van der Waals surface area (Å²) in [5.41, 5.74) is 0. The van der Waals surface area contributed by atoms with Crippen LogP contribution in [0.5, 0.6) is 0 Å². The smallest absolute Gasteiger partial charge is 0.0192 e. The van der Waals surface area contributed by atoms with Gasteiger partial charge in [-0.15, -0.1) is 0 Å². The zero-order valence-electron chi connectivity index (χ0n) is 13.6. The zero-order valence-corrected chi connectivity index (χ0v) is 13.6. The highest BCUT2D eigenvalue weighted by Crippen LogP contribution is 2.09. The zero-order chi connectivity index (χ0) is 14.1. The van der Waals surface area contributed by atoms with Crippen molar-refractivity contribution in [2.24, 2.45) is 5.92 Å². The van der Waals surface area contributed by atoms with Crippen LogP contribution in [0.3, 0.4) is 0 Å². The fourth-order valence-electron chi connectivity index (χ4n) is 2.66. The normalized spacial score (nSPS) is 22.3. The first-order valence-corrected chi connectivity index (χ1v) is 8.23. The van der Waals surface area contributed by atoms with Crippen LogP contribution < -0.4 is 5.32 Å². The van der Waals surface area contributed by atoms with E-state index in [2.05, 4.69) is 42.9 Å². The van der Waals surface area contributed by atoms with Gasteiger partial charge in [-0.05, 0) is 52.4 Å². The van der Waals surface area contributed by atoms with E-state index in [1.54, 1.807) is 0 Å². The van der Waals surface area contributed by atoms with Gasteiger partial charge in [-0.1, -0.05) is 26.7 Å². The molecule has 0 aromatic heterocycles. The molecule has 0 saturated carbocycles. The highest BCUT2D eigenvalue weighted by atomic mass is 15.3. The van der Waals surface area contributed by atoms with Crippen molar-refractivity contribution >= 4 is 0 Å². The van der Waals surface area contributed by atoms with E-state index in [4.69, 9.17) is 0 Å². The summed E-state index contributed by atoms with van der Waals surface area (Å²) in [6.45, 7) is 14.3. The number of rotatable bonds is 9. The summed E-state index contributed by atoms with van der Waals surface area (Å²) < 4.78 is 0. The summed E-state index contributed by atoms with van der Waals surface area (Å²) in [6, 6.07) is 0.731. The van der Waals surface area contributed by atoms with Crippen LogP contribution in [-0.2, 0) is 0 Å². The highest BCUT2D eigenvalue weighted by Gasteiger charge is 2.19. The molecule has 1 N–H and O–H groups in total. The van der Waals surface area contributed by atoms with Crippen LogP contribution in [0.15, 0.2) is 0 Å². The molecule has 1 rings (SSSR count). The Hall–Kier alpha value is -0.120. The maximum absolute atomic E-state index is 3.52. The average molecular weight is 269 g/mol. The summed E-state index contributed by atoms with van der Waals surface area (Å²) in [6.07, 6.45) is 5.49. The molecule has 1 fully saturated rings. The molecule has 1 aliphatic heterocycles. The third-order valence-electron chi connectivity index (χ3n) is 4.17. The van der Waals surface area contributed by atoms with Crippen LogP contribution in [-0.4, -0.2) is 62.2 Å². The minimum absolute atomic E-state index is 0.731. The topological polar surface area (TPSA) is 18.5 Å². The van der Waals surface area contributed by atoms with Crippen molar-refractivity contribution in [3.05, 3.63) is 0 Å². The van der Waals surface area contributed by atoms with E-state index in [0.717, 1.165) is 12.0 Å². The van der Waals surface area contributed by atoms with Gasteiger partial charge in [0.15, 0.2) is 0 Å². The van der Waals surface area contributed by atoms with Gasteiger partial charge in [0.1, 0.15) is 0 Å². The first kappa shape index (κ1) is 16.9. The summed E-state index contributed by atoms with van der Waals surface area (Å²) in [5.74, 6) is 0.777. The van der Waals surface area contributed by atoms with Crippen molar-refractivity contribution in [2.45, 2.75) is 52.5 Å². The summed E-state index contributed by atoms with van der Waals surface area (Å²) in [5, 5.41) is 3.52. The lowest BCUT2D eigenvalue weighted by atomic mass is 10.1. The maximum atomic E-state index is 3.52. The van der Waals surface area contributed by atoms with E-state index in [9.17, 15) is 0 Å². The highest BCUT2D eigenvalue weighted by molar-refractivity contribution is 4.76. The molecule has 3 nitrogen and oxygen atoms in total. The number of hydrogen-bond acceptors (Lipinski definition) is 3. The van der Waals surface area contributed by atoms with Gasteiger partial charge in [0.25, 0.3) is 0 Å². The number of nitrogens with zero attached hydrogens (tertiary/aromatic N) is 2. The molecule has 0 aliphatic carbocycles. The number of likely N-dealkylation sites (N-methyl/N-ethyl adjacent to an activating group) is 1. The Kier molecular flexibility index (Phi) is 8.67. The van der Waals surface area contributed by atoms with Crippen molar-refractivity contribution in [1.82, 2.24) is 15.1 Å². The SMILES string of the molecule is CC(C)CNCCCCCCN1CCN(C)C(C)C1. The number of unbranched alkanes of at least 4 members (excludes halogenated alkanes) is 3. The number of piperazine rings is 1. The Labute approximate surface area is 120 Å². The van der Waals surface area contributed by atoms with Gasteiger partial charge >= 0.3 is 0 Å². The molecule has 1 saturated heterocycles. The average Bonchev–Trinajstić information content (AvgIpc) is 2.36. The van der Waals surface area contributed by atoms with E-state index in [1.165, 1.54) is 65.0 Å². The molecule has 19 heavy (non-hydrogen) atoms. The van der Waals surface area contributed by atoms with Gasteiger partial charge in [0.05, 0.1) is 0 Å². The molecular formula is C16H35N3. The van der Waals surface area contributed by atoms with Gasteiger partial charge in [0.2, 0.25) is 0 Å². The quantitative estimate of drug-likeness (QED) is 0.649. The largest absolute Gasteiger partial charge is 0.316 e. The molecule has 3 heteroatoms. The van der Waals surface area contributed by atoms with Crippen LogP contribution in [0.1, 0.15) is 46.5 Å². The Balaban J connectivity index is 1.88. The first-order valence-electron chi connectivity index (χ1n) is 8.23. The van der Waals surface area contributed by atoms with Gasteiger partial charge in [-0.2, -0.15) is 0 Å². The second kappa shape index (κ2) is 9.73. The molecule has 0 spiro atoms. The molecule has 1 heterocycles. The Morgan fingerprint density at radius 1 is 1.11 bits per heavy atom. The van der Waals surface area contributed by atoms with E-state index in [1.807, 2.05) is 0 Å². The summed E-state index contributed by atoms with van der Waals surface area (Å²) >= 11 is 0. The molecule has 1 aliphatic rings. The number of nitrogens with one attached hydrogen (secondary N) is 1. The van der Waals surface area contributed by atoms with Crippen LogP contribution >= 0.6 is 0 Å². The Morgan fingerprint density at radius 3 is 2.53 bits per heavy atom. The summed E-state index contributed by atoms with van der Waals surface area (Å²) in [7, 11) is 2.24. The minimum atomic E-state index is 0.731. The molecule has 0 aromatic rings. The molecule has 0 amide bonds. The standard InChI is InChI=1S/C16H35N3/c1-15(2)13-17-9-7-5-6-8-10-19-12-11-18(4)16(3)14-19/h15-17H,5-14H2,1-4H3. The van der Waals surface area contributed by atoms with Crippen molar-refractivity contribution in [3.63, 3.8) is 0 Å². The second-order valence-electron chi connectivity index (χ2n) is 6.64. The van der Waals surface area contributed by atoms with Crippen LogP contribution in [0, 0.1) is 5.92 Å². The van der Waals surface area contributed by atoms with Crippen LogP contribution in [0.25, 0.3) is 0 Å². The van der Waals surface area contributed by atoms with Gasteiger partial charge in [0, 0.05) is 25.7 Å². The first-order chi connectivity index (χ1) is 9.09. The minimum Gasteiger partial charge on any atom is -0.316 e. The number of hydrogen-bond donors (Lipinski definition) is 1. The predicted octanol–water partition coefficient (Wildman–Crippen LogP) is 2.43. The van der Waals surface area contributed by atoms with Crippen molar-refractivity contribution in [1.29, 1.82) is 0 Å². The molecule has 0 aromatic carbocycles. The third kappa shape index (κ3) is 7.91. The van der Waals surface area contributed by atoms with Crippen molar-refractivity contribution < 1.29 is 0 Å². The van der Waals surface area contributed by atoms with Gasteiger partial charge in [-0.25, -0.2) is 0 Å². The molecule has 1 unspecified atom stereocenters. The fraction of sp³-hybridized carbons (Fsp3) is 1.00. The van der Waals surface area contributed by atoms with Crippen molar-refractivity contribution in [2.75, 3.05) is 46.3 Å². The van der Waals surface area contributed by atoms with Crippen LogP contribution in [0.4, 0.5) is 0 Å². The van der Waals surface area contributed by atoms with E-state index < -0.39 is 0 Å². The maximum Gasteiger partial charge on any atom is 0.0192 e. The molecular weight excluding hydrogens is 234 g/mol. The molecule has 114 valence electrons. The molecule has 1 atom stereocenters. The fourth-order valence-corrected chi connectivity index (χ4v) is 2.66. The lowest BCUT2D eigenvalue weighted by Gasteiger charge is -2.37. The predicted molar refractivity (Wildman–Crippen MR) is 84.7 cm³/mol. The van der Waals surface area contributed by atoms with E-state index in [0.29, 0.717) is 0 Å². The molecule has 0 bridgehead atoms. The van der Waals surface area contributed by atoms with Gasteiger partial charge < -0.3 is 15.1 Å². The summed E-state index contributed by atoms with van der Waals surface area (Å²) in [4.78, 5) is 5.11. The Bertz CT molecular complexity index is 218. The van der Waals surface area contributed by atoms with Gasteiger partial charge in [-0.3, -0.25) is 0 Å².